The second-order valence-electron chi connectivity index (χ2n) is 3.63. The Kier molecular flexibility index (Phi) is 3.43. The van der Waals surface area contributed by atoms with Crippen LogP contribution in [0.3, 0.4) is 0 Å². The average Bonchev–Trinajstić information content (AvgIpc) is 2.85. The number of aromatic nitrogens is 2. The molecule has 0 spiro atoms. The van der Waals surface area contributed by atoms with Gasteiger partial charge in [0.2, 0.25) is 11.7 Å². The number of rotatable bonds is 3. The van der Waals surface area contributed by atoms with Crippen LogP contribution in [-0.4, -0.2) is 17.3 Å². The number of hydrogen-bond acceptors (Lipinski definition) is 5. The summed E-state index contributed by atoms with van der Waals surface area (Å²) >= 11 is 0. The largest absolute Gasteiger partial charge is 0.496 e. The molecule has 2 aromatic rings. The van der Waals surface area contributed by atoms with Crippen LogP contribution in [0.15, 0.2) is 22.7 Å². The van der Waals surface area contributed by atoms with E-state index >= 15 is 0 Å². The molecule has 102 valence electrons. The third-order valence-electron chi connectivity index (χ3n) is 2.41. The predicted molar refractivity (Wildman–Crippen MR) is 59.2 cm³/mol. The lowest BCUT2D eigenvalue weighted by atomic mass is 10.1. The summed E-state index contributed by atoms with van der Waals surface area (Å²) in [6.07, 6.45) is -4.44. The second-order valence-corrected chi connectivity index (χ2v) is 3.63. The highest BCUT2D eigenvalue weighted by Gasteiger charge is 2.31. The lowest BCUT2D eigenvalue weighted by molar-refractivity contribution is -0.137. The fraction of sp³-hybridized carbons (Fsp3) is 0.273. The normalized spacial score (nSPS) is 11.6. The number of hydrogen-bond donors (Lipinski definition) is 1. The van der Waals surface area contributed by atoms with Gasteiger partial charge in [0, 0.05) is 0 Å². The van der Waals surface area contributed by atoms with Gasteiger partial charge in [-0.1, -0.05) is 5.16 Å². The van der Waals surface area contributed by atoms with Gasteiger partial charge in [-0.25, -0.2) is 0 Å². The Balaban J connectivity index is 2.46. The fourth-order valence-corrected chi connectivity index (χ4v) is 1.50. The fourth-order valence-electron chi connectivity index (χ4n) is 1.50. The molecule has 1 heterocycles. The van der Waals surface area contributed by atoms with E-state index in [1.807, 2.05) is 0 Å². The van der Waals surface area contributed by atoms with E-state index in [1.54, 1.807) is 0 Å². The van der Waals surface area contributed by atoms with E-state index < -0.39 is 11.7 Å². The zero-order valence-electron chi connectivity index (χ0n) is 9.86. The molecule has 1 aromatic carbocycles. The van der Waals surface area contributed by atoms with Crippen LogP contribution < -0.4 is 10.5 Å². The Morgan fingerprint density at radius 1 is 1.37 bits per heavy atom. The molecule has 5 nitrogen and oxygen atoms in total. The molecule has 0 aliphatic carbocycles. The van der Waals surface area contributed by atoms with Gasteiger partial charge >= 0.3 is 6.18 Å². The van der Waals surface area contributed by atoms with Crippen molar-refractivity contribution in [3.05, 3.63) is 29.7 Å². The van der Waals surface area contributed by atoms with Crippen molar-refractivity contribution in [3.63, 3.8) is 0 Å². The van der Waals surface area contributed by atoms with Gasteiger partial charge in [-0.15, -0.1) is 0 Å². The summed E-state index contributed by atoms with van der Waals surface area (Å²) in [6.45, 7) is 0.0515. The number of nitrogens with zero attached hydrogens (tertiary/aromatic N) is 2. The third-order valence-corrected chi connectivity index (χ3v) is 2.41. The summed E-state index contributed by atoms with van der Waals surface area (Å²) in [7, 11) is 1.27. The molecule has 0 unspecified atom stereocenters. The van der Waals surface area contributed by atoms with Crippen LogP contribution in [0, 0.1) is 0 Å². The summed E-state index contributed by atoms with van der Waals surface area (Å²) in [5.74, 6) is 0.335. The Morgan fingerprint density at radius 3 is 2.63 bits per heavy atom. The molecule has 0 fully saturated rings. The SMILES string of the molecule is COc1cc(C(F)(F)F)ccc1-c1noc(CN)n1. The van der Waals surface area contributed by atoms with Crippen molar-refractivity contribution in [2.24, 2.45) is 5.73 Å². The maximum absolute atomic E-state index is 12.6. The number of halogens is 3. The number of alkyl halides is 3. The summed E-state index contributed by atoms with van der Waals surface area (Å²) in [5, 5.41) is 3.63. The maximum Gasteiger partial charge on any atom is 0.416 e. The highest BCUT2D eigenvalue weighted by atomic mass is 19.4. The highest BCUT2D eigenvalue weighted by molar-refractivity contribution is 5.64. The molecule has 19 heavy (non-hydrogen) atoms. The summed E-state index contributed by atoms with van der Waals surface area (Å²) < 4.78 is 47.5. The van der Waals surface area contributed by atoms with Gasteiger partial charge in [-0.05, 0) is 18.2 Å². The quantitative estimate of drug-likeness (QED) is 0.928. The summed E-state index contributed by atoms with van der Waals surface area (Å²) in [6, 6.07) is 3.04. The molecule has 0 aliphatic heterocycles. The monoisotopic (exact) mass is 273 g/mol. The van der Waals surface area contributed by atoms with Crippen molar-refractivity contribution < 1.29 is 22.4 Å². The van der Waals surface area contributed by atoms with Gasteiger partial charge in [0.05, 0.1) is 24.8 Å². The second kappa shape index (κ2) is 4.88. The molecule has 2 rings (SSSR count). The van der Waals surface area contributed by atoms with Crippen LogP contribution in [0.4, 0.5) is 13.2 Å². The zero-order chi connectivity index (χ0) is 14.0. The number of methoxy groups -OCH3 is 1. The average molecular weight is 273 g/mol. The zero-order valence-corrected chi connectivity index (χ0v) is 9.86. The van der Waals surface area contributed by atoms with Crippen molar-refractivity contribution in [2.75, 3.05) is 7.11 Å². The molecule has 0 amide bonds. The highest BCUT2D eigenvalue weighted by Crippen LogP contribution is 2.36. The molecule has 8 heteroatoms. The molecule has 0 saturated carbocycles. The minimum atomic E-state index is -4.44. The summed E-state index contributed by atoms with van der Waals surface area (Å²) in [5.41, 5.74) is 4.81. The Hall–Kier alpha value is -2.09. The molecule has 0 aliphatic rings. The van der Waals surface area contributed by atoms with Crippen molar-refractivity contribution in [1.29, 1.82) is 0 Å². The molecule has 0 atom stereocenters. The molecule has 0 radical (unpaired) electrons. The standard InChI is InChI=1S/C11H10F3N3O2/c1-18-8-4-6(11(12,13)14)2-3-7(8)10-16-9(5-15)19-17-10/h2-4H,5,15H2,1H3. The van der Waals surface area contributed by atoms with E-state index in [-0.39, 0.29) is 24.0 Å². The topological polar surface area (TPSA) is 74.2 Å². The lowest BCUT2D eigenvalue weighted by Gasteiger charge is -2.10. The van der Waals surface area contributed by atoms with Crippen LogP contribution >= 0.6 is 0 Å². The first-order valence-electron chi connectivity index (χ1n) is 5.24. The molecular formula is C11H10F3N3O2. The Morgan fingerprint density at radius 2 is 2.11 bits per heavy atom. The minimum absolute atomic E-state index is 0.0131. The van der Waals surface area contributed by atoms with Gasteiger partial charge in [0.15, 0.2) is 0 Å². The van der Waals surface area contributed by atoms with Gasteiger partial charge in [0.25, 0.3) is 0 Å². The van der Waals surface area contributed by atoms with Gasteiger partial charge in [-0.2, -0.15) is 18.2 Å². The number of benzene rings is 1. The van der Waals surface area contributed by atoms with E-state index in [2.05, 4.69) is 10.1 Å². The predicted octanol–water partition coefficient (Wildman–Crippen LogP) is 2.22. The van der Waals surface area contributed by atoms with E-state index in [1.165, 1.54) is 13.2 Å². The van der Waals surface area contributed by atoms with E-state index in [4.69, 9.17) is 15.0 Å². The molecule has 0 saturated heterocycles. The van der Waals surface area contributed by atoms with Crippen LogP contribution in [-0.2, 0) is 12.7 Å². The molecule has 2 N–H and O–H groups in total. The maximum atomic E-state index is 12.6. The van der Waals surface area contributed by atoms with Gasteiger partial charge in [0.1, 0.15) is 5.75 Å². The Labute approximate surface area is 106 Å². The van der Waals surface area contributed by atoms with Crippen LogP contribution in [0.25, 0.3) is 11.4 Å². The molecular weight excluding hydrogens is 263 g/mol. The first-order valence-corrected chi connectivity index (χ1v) is 5.24. The van der Waals surface area contributed by atoms with Gasteiger partial charge in [-0.3, -0.25) is 0 Å². The van der Waals surface area contributed by atoms with E-state index in [0.717, 1.165) is 12.1 Å². The third kappa shape index (κ3) is 2.68. The van der Waals surface area contributed by atoms with Crippen molar-refractivity contribution >= 4 is 0 Å². The van der Waals surface area contributed by atoms with Crippen molar-refractivity contribution in [1.82, 2.24) is 10.1 Å². The van der Waals surface area contributed by atoms with Gasteiger partial charge < -0.3 is 15.0 Å². The van der Waals surface area contributed by atoms with E-state index in [9.17, 15) is 13.2 Å². The van der Waals surface area contributed by atoms with Crippen LogP contribution in [0.1, 0.15) is 11.5 Å². The smallest absolute Gasteiger partial charge is 0.416 e. The van der Waals surface area contributed by atoms with E-state index in [0.29, 0.717) is 5.56 Å². The first kappa shape index (κ1) is 13.3. The van der Waals surface area contributed by atoms with Crippen molar-refractivity contribution in [3.8, 4) is 17.1 Å². The molecule has 0 bridgehead atoms. The van der Waals surface area contributed by atoms with Crippen molar-refractivity contribution in [2.45, 2.75) is 12.7 Å². The van der Waals surface area contributed by atoms with Crippen LogP contribution in [0.5, 0.6) is 5.75 Å². The Bertz CT molecular complexity index is 581. The first-order chi connectivity index (χ1) is 8.95. The molecule has 1 aromatic heterocycles. The lowest BCUT2D eigenvalue weighted by Crippen LogP contribution is -2.05. The minimum Gasteiger partial charge on any atom is -0.496 e. The number of ether oxygens (including phenoxy) is 1. The summed E-state index contributed by atoms with van der Waals surface area (Å²) in [4.78, 5) is 3.94. The number of nitrogens with two attached hydrogens (primary N) is 1. The van der Waals surface area contributed by atoms with Crippen LogP contribution in [0.2, 0.25) is 0 Å².